The number of anilines is 2. The molecule has 0 aliphatic rings. The molecular formula is C11H16Cl2N4OS. The van der Waals surface area contributed by atoms with Gasteiger partial charge in [0, 0.05) is 5.69 Å². The number of benzene rings is 1. The molecule has 0 atom stereocenters. The number of nitrogens with one attached hydrogen (secondary N) is 2. The van der Waals surface area contributed by atoms with Gasteiger partial charge in [-0.1, -0.05) is 11.3 Å². The zero-order valence-electron chi connectivity index (χ0n) is 10.5. The minimum atomic E-state index is -0.0660. The minimum Gasteiger partial charge on any atom is -0.375 e. The predicted molar refractivity (Wildman–Crippen MR) is 85.8 cm³/mol. The van der Waals surface area contributed by atoms with Crippen molar-refractivity contribution in [2.75, 3.05) is 24.6 Å². The van der Waals surface area contributed by atoms with Crippen molar-refractivity contribution in [3.05, 3.63) is 17.7 Å². The van der Waals surface area contributed by atoms with Crippen LogP contribution in [0.1, 0.15) is 5.56 Å². The normalized spacial score (nSPS) is 9.58. The van der Waals surface area contributed by atoms with Crippen LogP contribution in [0.25, 0.3) is 10.2 Å². The molecule has 1 heterocycles. The van der Waals surface area contributed by atoms with Crippen LogP contribution < -0.4 is 16.4 Å². The molecule has 2 rings (SSSR count). The van der Waals surface area contributed by atoms with Crippen LogP contribution in [0, 0.1) is 6.92 Å². The summed E-state index contributed by atoms with van der Waals surface area (Å²) in [4.78, 5) is 15.7. The Labute approximate surface area is 127 Å². The lowest BCUT2D eigenvalue weighted by molar-refractivity contribution is -0.115. The number of amides is 1. The first-order chi connectivity index (χ1) is 8.10. The van der Waals surface area contributed by atoms with Gasteiger partial charge in [-0.05, 0) is 31.7 Å². The molecule has 5 nitrogen and oxygen atoms in total. The number of aryl methyl sites for hydroxylation is 1. The number of carbonyl (C=O) groups is 1. The number of fused-ring (bicyclic) bond motifs is 1. The molecule has 0 aliphatic heterocycles. The summed E-state index contributed by atoms with van der Waals surface area (Å²) in [5, 5.41) is 6.17. The third-order valence-corrected chi connectivity index (χ3v) is 3.15. The molecule has 0 fully saturated rings. The van der Waals surface area contributed by atoms with E-state index in [9.17, 15) is 4.79 Å². The molecule has 19 heavy (non-hydrogen) atoms. The van der Waals surface area contributed by atoms with E-state index in [1.54, 1.807) is 7.05 Å². The molecule has 1 aromatic heterocycles. The van der Waals surface area contributed by atoms with E-state index in [1.165, 1.54) is 11.3 Å². The third-order valence-electron chi connectivity index (χ3n) is 2.32. The summed E-state index contributed by atoms with van der Waals surface area (Å²) >= 11 is 1.42. The summed E-state index contributed by atoms with van der Waals surface area (Å²) in [5.74, 6) is -0.0660. The summed E-state index contributed by atoms with van der Waals surface area (Å²) in [6.07, 6.45) is 0. The van der Waals surface area contributed by atoms with Gasteiger partial charge in [-0.3, -0.25) is 4.79 Å². The van der Waals surface area contributed by atoms with E-state index in [4.69, 9.17) is 5.73 Å². The van der Waals surface area contributed by atoms with Gasteiger partial charge >= 0.3 is 0 Å². The van der Waals surface area contributed by atoms with E-state index in [-0.39, 0.29) is 30.7 Å². The van der Waals surface area contributed by atoms with Crippen LogP contribution in [0.2, 0.25) is 0 Å². The van der Waals surface area contributed by atoms with Gasteiger partial charge in [0.2, 0.25) is 5.91 Å². The maximum absolute atomic E-state index is 11.5. The summed E-state index contributed by atoms with van der Waals surface area (Å²) in [6, 6.07) is 3.79. The molecule has 4 N–H and O–H groups in total. The Morgan fingerprint density at radius 3 is 2.74 bits per heavy atom. The first kappa shape index (κ1) is 17.9. The molecule has 0 saturated heterocycles. The Morgan fingerprint density at radius 1 is 1.42 bits per heavy atom. The number of carbonyl (C=O) groups excluding carboxylic acids is 1. The van der Waals surface area contributed by atoms with E-state index >= 15 is 0 Å². The van der Waals surface area contributed by atoms with Crippen LogP contribution in [0.5, 0.6) is 0 Å². The second-order valence-corrected chi connectivity index (χ2v) is 4.83. The summed E-state index contributed by atoms with van der Waals surface area (Å²) < 4.78 is 0.988. The Bertz CT molecular complexity index is 573. The van der Waals surface area contributed by atoms with Gasteiger partial charge in [-0.2, -0.15) is 0 Å². The van der Waals surface area contributed by atoms with Crippen LogP contribution >= 0.6 is 36.2 Å². The van der Waals surface area contributed by atoms with Gasteiger partial charge < -0.3 is 16.4 Å². The van der Waals surface area contributed by atoms with E-state index in [2.05, 4.69) is 15.6 Å². The number of nitrogens with two attached hydrogens (primary N) is 1. The molecule has 1 amide bonds. The van der Waals surface area contributed by atoms with Crippen LogP contribution in [0.15, 0.2) is 12.1 Å². The Kier molecular flexibility index (Phi) is 7.07. The zero-order chi connectivity index (χ0) is 12.4. The number of thiazole rings is 1. The van der Waals surface area contributed by atoms with Crippen molar-refractivity contribution in [3.63, 3.8) is 0 Å². The average molecular weight is 323 g/mol. The van der Waals surface area contributed by atoms with Gasteiger partial charge in [0.05, 0.1) is 16.8 Å². The molecule has 0 unspecified atom stereocenters. The number of nitrogen functional groups attached to an aromatic ring is 1. The number of halogens is 2. The monoisotopic (exact) mass is 322 g/mol. The fourth-order valence-electron chi connectivity index (χ4n) is 1.65. The molecule has 0 radical (unpaired) electrons. The summed E-state index contributed by atoms with van der Waals surface area (Å²) in [5.41, 5.74) is 8.36. The SMILES string of the molecule is CNCC(=O)Nc1cc(C)c2nc(N)sc2c1.Cl.Cl. The molecule has 0 bridgehead atoms. The smallest absolute Gasteiger partial charge is 0.238 e. The second-order valence-electron chi connectivity index (χ2n) is 3.77. The average Bonchev–Trinajstić information content (AvgIpc) is 2.59. The summed E-state index contributed by atoms with van der Waals surface area (Å²) in [6.45, 7) is 2.25. The molecule has 8 heteroatoms. The number of likely N-dealkylation sites (N-methyl/N-ethyl adjacent to an activating group) is 1. The van der Waals surface area contributed by atoms with Crippen molar-refractivity contribution in [1.29, 1.82) is 0 Å². The Morgan fingerprint density at radius 2 is 2.11 bits per heavy atom. The van der Waals surface area contributed by atoms with E-state index in [0.29, 0.717) is 11.7 Å². The van der Waals surface area contributed by atoms with Gasteiger partial charge in [-0.25, -0.2) is 4.98 Å². The highest BCUT2D eigenvalue weighted by Crippen LogP contribution is 2.29. The van der Waals surface area contributed by atoms with Crippen molar-refractivity contribution in [2.24, 2.45) is 0 Å². The maximum Gasteiger partial charge on any atom is 0.238 e. The second kappa shape index (κ2) is 7.49. The predicted octanol–water partition coefficient (Wildman–Crippen LogP) is 2.19. The molecule has 2 aromatic rings. The molecule has 0 aliphatic carbocycles. The third kappa shape index (κ3) is 4.21. The first-order valence-corrected chi connectivity index (χ1v) is 6.03. The van der Waals surface area contributed by atoms with Crippen molar-refractivity contribution in [1.82, 2.24) is 10.3 Å². The fourth-order valence-corrected chi connectivity index (χ4v) is 2.50. The van der Waals surface area contributed by atoms with Crippen molar-refractivity contribution >= 4 is 63.1 Å². The van der Waals surface area contributed by atoms with Crippen LogP contribution in [0.4, 0.5) is 10.8 Å². The van der Waals surface area contributed by atoms with Gasteiger partial charge in [0.25, 0.3) is 0 Å². The lowest BCUT2D eigenvalue weighted by Crippen LogP contribution is -2.25. The van der Waals surface area contributed by atoms with Crippen LogP contribution in [-0.2, 0) is 4.79 Å². The maximum atomic E-state index is 11.5. The molecule has 106 valence electrons. The lowest BCUT2D eigenvalue weighted by atomic mass is 10.2. The van der Waals surface area contributed by atoms with Crippen LogP contribution in [0.3, 0.4) is 0 Å². The van der Waals surface area contributed by atoms with Crippen molar-refractivity contribution in [3.8, 4) is 0 Å². The van der Waals surface area contributed by atoms with Crippen molar-refractivity contribution < 1.29 is 4.79 Å². The highest BCUT2D eigenvalue weighted by atomic mass is 35.5. The zero-order valence-corrected chi connectivity index (χ0v) is 13.0. The van der Waals surface area contributed by atoms with Gasteiger partial charge in [0.15, 0.2) is 5.13 Å². The lowest BCUT2D eigenvalue weighted by Gasteiger charge is -2.06. The van der Waals surface area contributed by atoms with Crippen molar-refractivity contribution in [2.45, 2.75) is 6.92 Å². The topological polar surface area (TPSA) is 80.0 Å². The minimum absolute atomic E-state index is 0. The van der Waals surface area contributed by atoms with Crippen LogP contribution in [-0.4, -0.2) is 24.5 Å². The molecule has 0 spiro atoms. The number of hydrogen-bond donors (Lipinski definition) is 3. The highest BCUT2D eigenvalue weighted by Gasteiger charge is 2.08. The Hall–Kier alpha value is -1.08. The van der Waals surface area contributed by atoms with Gasteiger partial charge in [-0.15, -0.1) is 24.8 Å². The van der Waals surface area contributed by atoms with Gasteiger partial charge in [0.1, 0.15) is 0 Å². The molecule has 0 saturated carbocycles. The largest absolute Gasteiger partial charge is 0.375 e. The van der Waals surface area contributed by atoms with E-state index < -0.39 is 0 Å². The van der Waals surface area contributed by atoms with E-state index in [1.807, 2.05) is 19.1 Å². The van der Waals surface area contributed by atoms with E-state index in [0.717, 1.165) is 21.5 Å². The Balaban J connectivity index is 0.00000162. The first-order valence-electron chi connectivity index (χ1n) is 5.21. The number of aromatic nitrogens is 1. The summed E-state index contributed by atoms with van der Waals surface area (Å²) in [7, 11) is 1.73. The number of nitrogens with zero attached hydrogens (tertiary/aromatic N) is 1. The highest BCUT2D eigenvalue weighted by molar-refractivity contribution is 7.22. The molecule has 1 aromatic carbocycles. The quantitative estimate of drug-likeness (QED) is 0.809. The number of rotatable bonds is 3. The standard InChI is InChI=1S/C11H14N4OS.2ClH/c1-6-3-7(14-9(16)5-13-2)4-8-10(6)15-11(12)17-8;;/h3-4,13H,5H2,1-2H3,(H2,12,15)(H,14,16);2*1H. The fraction of sp³-hybridized carbons (Fsp3) is 0.273. The molecular weight excluding hydrogens is 307 g/mol. The number of hydrogen-bond acceptors (Lipinski definition) is 5.